The number of benzene rings is 2. The maximum absolute atomic E-state index is 13.0. The van der Waals surface area contributed by atoms with E-state index < -0.39 is 5.91 Å². The van der Waals surface area contributed by atoms with Crippen molar-refractivity contribution in [3.8, 4) is 11.8 Å². The molecule has 0 saturated heterocycles. The van der Waals surface area contributed by atoms with Crippen molar-refractivity contribution in [1.29, 1.82) is 0 Å². The number of ether oxygens (including phenoxy) is 1. The van der Waals surface area contributed by atoms with E-state index in [1.807, 2.05) is 13.8 Å². The van der Waals surface area contributed by atoms with E-state index in [0.717, 1.165) is 5.56 Å². The Bertz CT molecular complexity index is 1290. The number of rotatable bonds is 5. The molecule has 0 spiro atoms. The predicted octanol–water partition coefficient (Wildman–Crippen LogP) is 3.56. The van der Waals surface area contributed by atoms with Gasteiger partial charge in [-0.2, -0.15) is 5.10 Å². The molecule has 0 radical (unpaired) electrons. The third kappa shape index (κ3) is 3.75. The Morgan fingerprint density at radius 3 is 2.50 bits per heavy atom. The van der Waals surface area contributed by atoms with Crippen LogP contribution in [0.25, 0.3) is 10.8 Å². The van der Waals surface area contributed by atoms with Gasteiger partial charge in [-0.05, 0) is 49.7 Å². The molecule has 8 heteroatoms. The molecule has 1 amide bonds. The Hall–Kier alpha value is -4.07. The minimum absolute atomic E-state index is 0.199. The van der Waals surface area contributed by atoms with Crippen molar-refractivity contribution in [3.05, 3.63) is 82.5 Å². The van der Waals surface area contributed by atoms with E-state index in [-0.39, 0.29) is 17.3 Å². The molecule has 2 aromatic heterocycles. The van der Waals surface area contributed by atoms with Crippen LogP contribution in [-0.4, -0.2) is 25.7 Å². The van der Waals surface area contributed by atoms with Gasteiger partial charge < -0.3 is 10.1 Å². The van der Waals surface area contributed by atoms with Crippen molar-refractivity contribution in [1.82, 2.24) is 19.7 Å². The number of aryl methyl sites for hydroxylation is 2. The summed E-state index contributed by atoms with van der Waals surface area (Å²) in [4.78, 5) is 33.5. The number of nitrogens with one attached hydrogen (secondary N) is 1. The Morgan fingerprint density at radius 1 is 1.07 bits per heavy atom. The lowest BCUT2D eigenvalue weighted by Crippen LogP contribution is -2.27. The summed E-state index contributed by atoms with van der Waals surface area (Å²) in [7, 11) is 0. The molecule has 2 aromatic carbocycles. The summed E-state index contributed by atoms with van der Waals surface area (Å²) in [5, 5.41) is 8.12. The normalized spacial score (nSPS) is 10.7. The van der Waals surface area contributed by atoms with Crippen LogP contribution in [0, 0.1) is 6.92 Å². The lowest BCUT2D eigenvalue weighted by Gasteiger charge is -2.12. The van der Waals surface area contributed by atoms with Gasteiger partial charge in [0.15, 0.2) is 5.69 Å². The van der Waals surface area contributed by atoms with Gasteiger partial charge >= 0.3 is 6.01 Å². The summed E-state index contributed by atoms with van der Waals surface area (Å²) in [6, 6.07) is 14.2. The molecule has 1 N–H and O–H groups in total. The molecule has 8 nitrogen and oxygen atoms in total. The van der Waals surface area contributed by atoms with Gasteiger partial charge in [0.1, 0.15) is 5.75 Å². The highest BCUT2D eigenvalue weighted by Crippen LogP contribution is 2.25. The Balaban J connectivity index is 1.63. The molecule has 0 aliphatic heterocycles. The van der Waals surface area contributed by atoms with Crippen molar-refractivity contribution < 1.29 is 9.53 Å². The average molecular weight is 401 g/mol. The topological polar surface area (TPSA) is 99.0 Å². The largest absolute Gasteiger partial charge is 0.424 e. The molecule has 0 atom stereocenters. The van der Waals surface area contributed by atoms with Gasteiger partial charge in [-0.3, -0.25) is 9.59 Å². The van der Waals surface area contributed by atoms with Gasteiger partial charge in [0.05, 0.1) is 5.39 Å². The van der Waals surface area contributed by atoms with E-state index in [1.165, 1.54) is 4.68 Å². The van der Waals surface area contributed by atoms with Crippen molar-refractivity contribution in [3.63, 3.8) is 0 Å². The van der Waals surface area contributed by atoms with Gasteiger partial charge in [0, 0.05) is 30.0 Å². The molecule has 0 aliphatic carbocycles. The quantitative estimate of drug-likeness (QED) is 0.549. The number of hydrogen-bond acceptors (Lipinski definition) is 6. The fraction of sp³-hybridized carbons (Fsp3) is 0.136. The predicted molar refractivity (Wildman–Crippen MR) is 113 cm³/mol. The molecule has 0 fully saturated rings. The zero-order valence-electron chi connectivity index (χ0n) is 16.5. The second kappa shape index (κ2) is 8.12. The van der Waals surface area contributed by atoms with E-state index in [4.69, 9.17) is 4.74 Å². The fourth-order valence-corrected chi connectivity index (χ4v) is 3.08. The van der Waals surface area contributed by atoms with Gasteiger partial charge in [-0.15, -0.1) is 0 Å². The van der Waals surface area contributed by atoms with E-state index in [9.17, 15) is 9.59 Å². The third-order valence-electron chi connectivity index (χ3n) is 4.58. The summed E-state index contributed by atoms with van der Waals surface area (Å²) < 4.78 is 6.91. The molecule has 2 heterocycles. The first-order chi connectivity index (χ1) is 14.6. The van der Waals surface area contributed by atoms with Crippen LogP contribution < -0.4 is 15.6 Å². The minimum Gasteiger partial charge on any atom is -0.424 e. The van der Waals surface area contributed by atoms with E-state index in [2.05, 4.69) is 20.4 Å². The van der Waals surface area contributed by atoms with Crippen LogP contribution in [0.1, 0.15) is 23.0 Å². The second-order valence-electron chi connectivity index (χ2n) is 6.58. The average Bonchev–Trinajstić information content (AvgIpc) is 2.77. The van der Waals surface area contributed by atoms with Crippen LogP contribution in [0.3, 0.4) is 0 Å². The molecular formula is C22H19N5O3. The van der Waals surface area contributed by atoms with Crippen molar-refractivity contribution in [2.24, 2.45) is 0 Å². The highest BCUT2D eigenvalue weighted by atomic mass is 16.5. The zero-order valence-corrected chi connectivity index (χ0v) is 16.5. The van der Waals surface area contributed by atoms with Crippen molar-refractivity contribution in [2.75, 3.05) is 5.32 Å². The van der Waals surface area contributed by atoms with Gasteiger partial charge in [-0.1, -0.05) is 18.2 Å². The van der Waals surface area contributed by atoms with Crippen LogP contribution in [0.2, 0.25) is 0 Å². The van der Waals surface area contributed by atoms with Crippen LogP contribution in [0.4, 0.5) is 5.69 Å². The van der Waals surface area contributed by atoms with Gasteiger partial charge in [0.2, 0.25) is 0 Å². The Morgan fingerprint density at radius 2 is 1.80 bits per heavy atom. The number of hydrogen-bond donors (Lipinski definition) is 1. The summed E-state index contributed by atoms with van der Waals surface area (Å²) in [6.45, 7) is 4.04. The number of aromatic nitrogens is 4. The smallest absolute Gasteiger partial charge is 0.321 e. The monoisotopic (exact) mass is 401 g/mol. The third-order valence-corrected chi connectivity index (χ3v) is 4.58. The lowest BCUT2D eigenvalue weighted by atomic mass is 10.1. The molecular weight excluding hydrogens is 382 g/mol. The minimum atomic E-state index is -0.392. The van der Waals surface area contributed by atoms with Crippen LogP contribution in [0.5, 0.6) is 11.8 Å². The molecule has 0 unspecified atom stereocenters. The first-order valence-electron chi connectivity index (χ1n) is 9.43. The number of carbonyl (C=O) groups is 1. The summed E-state index contributed by atoms with van der Waals surface area (Å²) in [5.41, 5.74) is 1.39. The zero-order chi connectivity index (χ0) is 21.1. The van der Waals surface area contributed by atoms with Gasteiger partial charge in [0.25, 0.3) is 11.5 Å². The van der Waals surface area contributed by atoms with Crippen LogP contribution >= 0.6 is 0 Å². The molecule has 0 saturated carbocycles. The summed E-state index contributed by atoms with van der Waals surface area (Å²) in [5.74, 6) is 0.163. The number of amides is 1. The van der Waals surface area contributed by atoms with Gasteiger partial charge in [-0.25, -0.2) is 14.6 Å². The number of nitrogens with zero attached hydrogens (tertiary/aromatic N) is 4. The standard InChI is InChI=1S/C22H19N5O3/c1-3-27-21(29)17-8-5-4-7-16(17)19(26-27)20(28)25-18-10-9-15(13-14(18)2)30-22-23-11-6-12-24-22/h4-13H,3H2,1-2H3,(H,25,28). The Labute approximate surface area is 172 Å². The number of anilines is 1. The molecule has 0 bridgehead atoms. The summed E-state index contributed by atoms with van der Waals surface area (Å²) in [6.07, 6.45) is 3.19. The van der Waals surface area contributed by atoms with E-state index in [1.54, 1.807) is 60.9 Å². The fourth-order valence-electron chi connectivity index (χ4n) is 3.08. The van der Waals surface area contributed by atoms with Crippen LogP contribution in [0.15, 0.2) is 65.7 Å². The highest BCUT2D eigenvalue weighted by molar-refractivity contribution is 6.11. The SMILES string of the molecule is CCn1nc(C(=O)Nc2ccc(Oc3ncccn3)cc2C)c2ccccc2c1=O. The Kier molecular flexibility index (Phi) is 5.21. The second-order valence-corrected chi connectivity index (χ2v) is 6.58. The van der Waals surface area contributed by atoms with Crippen molar-refractivity contribution >= 4 is 22.4 Å². The molecule has 4 rings (SSSR count). The molecule has 30 heavy (non-hydrogen) atoms. The maximum atomic E-state index is 13.0. The van der Waals surface area contributed by atoms with Crippen LogP contribution in [-0.2, 0) is 6.54 Å². The van der Waals surface area contributed by atoms with Crippen molar-refractivity contribution in [2.45, 2.75) is 20.4 Å². The first-order valence-corrected chi connectivity index (χ1v) is 9.43. The molecule has 150 valence electrons. The lowest BCUT2D eigenvalue weighted by molar-refractivity contribution is 0.102. The first kappa shape index (κ1) is 19.3. The highest BCUT2D eigenvalue weighted by Gasteiger charge is 2.17. The number of fused-ring (bicyclic) bond motifs is 1. The molecule has 4 aromatic rings. The van der Waals surface area contributed by atoms with E-state index >= 15 is 0 Å². The van der Waals surface area contributed by atoms with E-state index in [0.29, 0.717) is 28.8 Å². The maximum Gasteiger partial charge on any atom is 0.321 e. The number of carbonyl (C=O) groups excluding carboxylic acids is 1. The molecule has 0 aliphatic rings. The summed E-state index contributed by atoms with van der Waals surface area (Å²) >= 11 is 0.